The Balaban J connectivity index is 2.45. The molecule has 0 aromatic heterocycles. The van der Waals surface area contributed by atoms with Crippen molar-refractivity contribution in [2.24, 2.45) is 0 Å². The second kappa shape index (κ2) is 11.0. The van der Waals surface area contributed by atoms with Crippen LogP contribution in [-0.2, 0) is 11.3 Å². The fourth-order valence-electron chi connectivity index (χ4n) is 2.26. The maximum atomic E-state index is 11.9. The van der Waals surface area contributed by atoms with Crippen molar-refractivity contribution in [1.82, 2.24) is 16.0 Å². The molecule has 0 saturated carbocycles. The Morgan fingerprint density at radius 2 is 1.88 bits per heavy atom. The van der Waals surface area contributed by atoms with E-state index >= 15 is 0 Å². The van der Waals surface area contributed by atoms with Gasteiger partial charge >= 0.3 is 0 Å². The number of hydrogen-bond donors (Lipinski definition) is 4. The van der Waals surface area contributed by atoms with Gasteiger partial charge in [-0.1, -0.05) is 6.07 Å². The standard InChI is InChI=1S/C19H33N3O4/c1-14(23)11-20-8-9-21-12-15-6-7-16(17(10-15)25-5)26-13-18(24)22-19(2,3)4/h6-7,10,14,20-21,23H,8-9,11-13H2,1-5H3,(H,22,24)/t14-/m0/s1. The molecule has 1 atom stereocenters. The lowest BCUT2D eigenvalue weighted by atomic mass is 10.1. The Bertz CT molecular complexity index is 556. The number of nitrogens with one attached hydrogen (secondary N) is 3. The zero-order valence-corrected chi connectivity index (χ0v) is 16.5. The first kappa shape index (κ1) is 22.2. The number of aliphatic hydroxyl groups is 1. The van der Waals surface area contributed by atoms with Gasteiger partial charge in [-0.25, -0.2) is 0 Å². The number of benzene rings is 1. The first-order chi connectivity index (χ1) is 12.2. The van der Waals surface area contributed by atoms with Crippen molar-refractivity contribution in [1.29, 1.82) is 0 Å². The van der Waals surface area contributed by atoms with Crippen LogP contribution in [0, 0.1) is 0 Å². The Hall–Kier alpha value is -1.83. The Kier molecular flexibility index (Phi) is 9.40. The second-order valence-electron chi connectivity index (χ2n) is 7.30. The van der Waals surface area contributed by atoms with Gasteiger partial charge in [-0.3, -0.25) is 4.79 Å². The number of hydrogen-bond acceptors (Lipinski definition) is 6. The molecule has 0 unspecified atom stereocenters. The monoisotopic (exact) mass is 367 g/mol. The molecule has 0 spiro atoms. The predicted molar refractivity (Wildman–Crippen MR) is 103 cm³/mol. The summed E-state index contributed by atoms with van der Waals surface area (Å²) in [6, 6.07) is 5.65. The highest BCUT2D eigenvalue weighted by molar-refractivity contribution is 5.78. The van der Waals surface area contributed by atoms with Crippen LogP contribution in [0.25, 0.3) is 0 Å². The number of amides is 1. The van der Waals surface area contributed by atoms with Gasteiger partial charge in [-0.2, -0.15) is 0 Å². The minimum Gasteiger partial charge on any atom is -0.493 e. The van der Waals surface area contributed by atoms with Gasteiger partial charge in [-0.05, 0) is 45.4 Å². The lowest BCUT2D eigenvalue weighted by molar-refractivity contribution is -0.124. The zero-order chi connectivity index (χ0) is 19.6. The molecule has 0 aliphatic heterocycles. The molecule has 1 aromatic rings. The minimum atomic E-state index is -0.336. The summed E-state index contributed by atoms with van der Waals surface area (Å²) in [6.07, 6.45) is -0.336. The molecule has 4 N–H and O–H groups in total. The topological polar surface area (TPSA) is 91.8 Å². The fourth-order valence-corrected chi connectivity index (χ4v) is 2.26. The Morgan fingerprint density at radius 1 is 1.19 bits per heavy atom. The normalized spacial score (nSPS) is 12.5. The number of rotatable bonds is 11. The van der Waals surface area contributed by atoms with E-state index in [1.807, 2.05) is 39.0 Å². The molecule has 1 amide bonds. The molecule has 0 bridgehead atoms. The largest absolute Gasteiger partial charge is 0.493 e. The summed E-state index contributed by atoms with van der Waals surface area (Å²) >= 11 is 0. The van der Waals surface area contributed by atoms with Crippen molar-refractivity contribution in [3.8, 4) is 11.5 Å². The Morgan fingerprint density at radius 3 is 2.50 bits per heavy atom. The van der Waals surface area contributed by atoms with Crippen molar-refractivity contribution in [3.63, 3.8) is 0 Å². The quantitative estimate of drug-likeness (QED) is 0.437. The molecule has 0 saturated heterocycles. The summed E-state index contributed by atoms with van der Waals surface area (Å²) in [4.78, 5) is 11.9. The van der Waals surface area contributed by atoms with Crippen LogP contribution in [0.3, 0.4) is 0 Å². The van der Waals surface area contributed by atoms with E-state index in [0.29, 0.717) is 24.6 Å². The van der Waals surface area contributed by atoms with Gasteiger partial charge in [0.05, 0.1) is 13.2 Å². The molecule has 1 rings (SSSR count). The van der Waals surface area contributed by atoms with Gasteiger partial charge in [0.2, 0.25) is 0 Å². The third-order valence-electron chi connectivity index (χ3n) is 3.35. The third-order valence-corrected chi connectivity index (χ3v) is 3.35. The van der Waals surface area contributed by atoms with Crippen molar-refractivity contribution in [3.05, 3.63) is 23.8 Å². The van der Waals surface area contributed by atoms with Crippen molar-refractivity contribution in [2.75, 3.05) is 33.4 Å². The first-order valence-electron chi connectivity index (χ1n) is 8.91. The zero-order valence-electron chi connectivity index (χ0n) is 16.5. The fraction of sp³-hybridized carbons (Fsp3) is 0.632. The van der Waals surface area contributed by atoms with Crippen LogP contribution in [-0.4, -0.2) is 56.0 Å². The number of methoxy groups -OCH3 is 1. The molecule has 0 radical (unpaired) electrons. The van der Waals surface area contributed by atoms with Crippen LogP contribution in [0.4, 0.5) is 0 Å². The lowest BCUT2D eigenvalue weighted by Crippen LogP contribution is -2.43. The molecule has 26 heavy (non-hydrogen) atoms. The predicted octanol–water partition coefficient (Wildman–Crippen LogP) is 1.05. The highest BCUT2D eigenvalue weighted by atomic mass is 16.5. The molecule has 148 valence electrons. The lowest BCUT2D eigenvalue weighted by Gasteiger charge is -2.20. The first-order valence-corrected chi connectivity index (χ1v) is 8.91. The maximum absolute atomic E-state index is 11.9. The van der Waals surface area contributed by atoms with E-state index in [9.17, 15) is 9.90 Å². The van der Waals surface area contributed by atoms with E-state index in [-0.39, 0.29) is 24.2 Å². The minimum absolute atomic E-state index is 0.0554. The summed E-state index contributed by atoms with van der Waals surface area (Å²) in [5.74, 6) is 0.967. The van der Waals surface area contributed by atoms with Crippen molar-refractivity contribution in [2.45, 2.75) is 45.9 Å². The summed E-state index contributed by atoms with van der Waals surface area (Å²) in [5, 5.41) is 18.5. The van der Waals surface area contributed by atoms with E-state index in [1.165, 1.54) is 0 Å². The average molecular weight is 367 g/mol. The third kappa shape index (κ3) is 9.60. The summed E-state index contributed by atoms with van der Waals surface area (Å²) in [5.41, 5.74) is 0.772. The molecular weight excluding hydrogens is 334 g/mol. The smallest absolute Gasteiger partial charge is 0.258 e. The van der Waals surface area contributed by atoms with Crippen LogP contribution in [0.2, 0.25) is 0 Å². The molecule has 0 heterocycles. The van der Waals surface area contributed by atoms with Crippen molar-refractivity contribution < 1.29 is 19.4 Å². The van der Waals surface area contributed by atoms with Gasteiger partial charge in [-0.15, -0.1) is 0 Å². The van der Waals surface area contributed by atoms with Gasteiger partial charge in [0.15, 0.2) is 18.1 Å². The number of carbonyl (C=O) groups is 1. The highest BCUT2D eigenvalue weighted by Gasteiger charge is 2.15. The van der Waals surface area contributed by atoms with Gasteiger partial charge in [0.1, 0.15) is 0 Å². The van der Waals surface area contributed by atoms with Crippen LogP contribution in [0.5, 0.6) is 11.5 Å². The summed E-state index contributed by atoms with van der Waals surface area (Å²) in [7, 11) is 1.58. The summed E-state index contributed by atoms with van der Waals surface area (Å²) < 4.78 is 10.9. The van der Waals surface area contributed by atoms with Gasteiger partial charge in [0, 0.05) is 31.7 Å². The van der Waals surface area contributed by atoms with E-state index in [4.69, 9.17) is 9.47 Å². The van der Waals surface area contributed by atoms with E-state index in [1.54, 1.807) is 14.0 Å². The van der Waals surface area contributed by atoms with Crippen LogP contribution in [0.15, 0.2) is 18.2 Å². The van der Waals surface area contributed by atoms with Crippen LogP contribution in [0.1, 0.15) is 33.3 Å². The van der Waals surface area contributed by atoms with Crippen molar-refractivity contribution >= 4 is 5.91 Å². The Labute approximate surface area is 156 Å². The summed E-state index contributed by atoms with van der Waals surface area (Å²) in [6.45, 7) is 10.3. The molecule has 0 fully saturated rings. The molecular formula is C19H33N3O4. The average Bonchev–Trinajstić information content (AvgIpc) is 2.54. The number of carbonyl (C=O) groups excluding carboxylic acids is 1. The molecule has 0 aliphatic carbocycles. The van der Waals surface area contributed by atoms with E-state index in [0.717, 1.165) is 18.7 Å². The molecule has 1 aromatic carbocycles. The van der Waals surface area contributed by atoms with E-state index < -0.39 is 0 Å². The van der Waals surface area contributed by atoms with Crippen LogP contribution < -0.4 is 25.4 Å². The number of aliphatic hydroxyl groups excluding tert-OH is 1. The van der Waals surface area contributed by atoms with Gasteiger partial charge < -0.3 is 30.5 Å². The number of ether oxygens (including phenoxy) is 2. The van der Waals surface area contributed by atoms with Crippen LogP contribution >= 0.6 is 0 Å². The molecule has 0 aliphatic rings. The SMILES string of the molecule is COc1cc(CNCCNC[C@H](C)O)ccc1OCC(=O)NC(C)(C)C. The van der Waals surface area contributed by atoms with Gasteiger partial charge in [0.25, 0.3) is 5.91 Å². The molecule has 7 nitrogen and oxygen atoms in total. The maximum Gasteiger partial charge on any atom is 0.258 e. The second-order valence-corrected chi connectivity index (χ2v) is 7.30. The van der Waals surface area contributed by atoms with E-state index in [2.05, 4.69) is 16.0 Å². The highest BCUT2D eigenvalue weighted by Crippen LogP contribution is 2.28. The molecule has 7 heteroatoms.